The minimum Gasteiger partial charge on any atom is -0.479 e. The highest BCUT2D eigenvalue weighted by atomic mass is 127. The van der Waals surface area contributed by atoms with Crippen LogP contribution >= 0.6 is 22.6 Å². The molecule has 1 atom stereocenters. The average Bonchev–Trinajstić information content (AvgIpc) is 2.87. The third-order valence-electron chi connectivity index (χ3n) is 3.73. The van der Waals surface area contributed by atoms with Crippen molar-refractivity contribution >= 4 is 40.3 Å². The average molecular weight is 423 g/mol. The van der Waals surface area contributed by atoms with E-state index < -0.39 is 15.6 Å². The molecular formula is C17H14INO4. The second-order valence-electron chi connectivity index (χ2n) is 5.25. The van der Waals surface area contributed by atoms with E-state index in [2.05, 4.69) is 0 Å². The van der Waals surface area contributed by atoms with Crippen molar-refractivity contribution in [1.82, 2.24) is 0 Å². The fourth-order valence-electron chi connectivity index (χ4n) is 2.60. The van der Waals surface area contributed by atoms with Gasteiger partial charge in [-0.15, -0.1) is 0 Å². The molecule has 0 bridgehead atoms. The van der Waals surface area contributed by atoms with Gasteiger partial charge in [-0.1, -0.05) is 48.5 Å². The Morgan fingerprint density at radius 3 is 2.48 bits per heavy atom. The number of hydrogen-bond donors (Lipinski definition) is 1. The van der Waals surface area contributed by atoms with Gasteiger partial charge in [0.1, 0.15) is 6.61 Å². The molecule has 1 heterocycles. The number of alkyl halides is 1. The second-order valence-corrected chi connectivity index (χ2v) is 7.03. The van der Waals surface area contributed by atoms with Gasteiger partial charge >= 0.3 is 12.1 Å². The standard InChI is InChI=1S/C17H14INO4/c18-17(15(20)21)10-13-8-4-5-9-14(13)19(17)16(22)23-11-12-6-2-1-3-7-12/h1-9H,10-11H2,(H,20,21). The van der Waals surface area contributed by atoms with Crippen LogP contribution in [0.1, 0.15) is 11.1 Å². The number of carboxylic acid groups (broad SMARTS) is 1. The fourth-order valence-corrected chi connectivity index (χ4v) is 3.47. The van der Waals surface area contributed by atoms with Crippen molar-refractivity contribution in [3.05, 3.63) is 65.7 Å². The van der Waals surface area contributed by atoms with Crippen molar-refractivity contribution in [2.75, 3.05) is 4.90 Å². The van der Waals surface area contributed by atoms with Gasteiger partial charge in [0, 0.05) is 6.42 Å². The molecule has 1 aliphatic heterocycles. The summed E-state index contributed by atoms with van der Waals surface area (Å²) >= 11 is 1.81. The molecular weight excluding hydrogens is 409 g/mol. The van der Waals surface area contributed by atoms with Crippen LogP contribution in [0, 0.1) is 0 Å². The van der Waals surface area contributed by atoms with E-state index >= 15 is 0 Å². The van der Waals surface area contributed by atoms with Gasteiger partial charge in [-0.2, -0.15) is 0 Å². The summed E-state index contributed by atoms with van der Waals surface area (Å²) in [6.45, 7) is 0.102. The van der Waals surface area contributed by atoms with Gasteiger partial charge < -0.3 is 9.84 Å². The predicted octanol–water partition coefficient (Wildman–Crippen LogP) is 3.60. The zero-order chi connectivity index (χ0) is 16.4. The molecule has 6 heteroatoms. The molecule has 0 radical (unpaired) electrons. The van der Waals surface area contributed by atoms with E-state index in [0.717, 1.165) is 11.1 Å². The zero-order valence-corrected chi connectivity index (χ0v) is 14.3. The number of nitrogens with zero attached hydrogens (tertiary/aromatic N) is 1. The number of carbonyl (C=O) groups excluding carboxylic acids is 1. The lowest BCUT2D eigenvalue weighted by atomic mass is 10.1. The Bertz CT molecular complexity index is 749. The summed E-state index contributed by atoms with van der Waals surface area (Å²) in [5, 5.41) is 9.59. The maximum Gasteiger partial charge on any atom is 0.416 e. The number of benzene rings is 2. The van der Waals surface area contributed by atoms with Crippen LogP contribution in [0.15, 0.2) is 54.6 Å². The molecule has 0 fully saturated rings. The lowest BCUT2D eigenvalue weighted by Crippen LogP contribution is -2.51. The van der Waals surface area contributed by atoms with E-state index in [-0.39, 0.29) is 13.0 Å². The number of hydrogen-bond acceptors (Lipinski definition) is 3. The molecule has 1 unspecified atom stereocenters. The maximum atomic E-state index is 12.5. The van der Waals surface area contributed by atoms with E-state index in [1.807, 2.05) is 65.1 Å². The van der Waals surface area contributed by atoms with Crippen molar-refractivity contribution in [3.8, 4) is 0 Å². The van der Waals surface area contributed by atoms with Crippen molar-refractivity contribution in [3.63, 3.8) is 0 Å². The normalized spacial score (nSPS) is 19.3. The minimum atomic E-state index is -1.37. The van der Waals surface area contributed by atoms with Gasteiger partial charge in [-0.25, -0.2) is 9.59 Å². The van der Waals surface area contributed by atoms with Crippen molar-refractivity contribution in [2.45, 2.75) is 16.6 Å². The molecule has 3 rings (SSSR count). The lowest BCUT2D eigenvalue weighted by Gasteiger charge is -2.29. The number of carboxylic acids is 1. The van der Waals surface area contributed by atoms with Gasteiger partial charge in [-0.05, 0) is 39.8 Å². The SMILES string of the molecule is O=C(OCc1ccccc1)N1c2ccccc2CC1(I)C(=O)O. The monoisotopic (exact) mass is 423 g/mol. The number of halogens is 1. The first-order valence-corrected chi connectivity index (χ1v) is 8.11. The van der Waals surface area contributed by atoms with Crippen LogP contribution < -0.4 is 4.90 Å². The van der Waals surface area contributed by atoms with Gasteiger partial charge in [0.15, 0.2) is 0 Å². The Kier molecular flexibility index (Phi) is 4.25. The van der Waals surface area contributed by atoms with Crippen LogP contribution in [0.2, 0.25) is 0 Å². The maximum absolute atomic E-state index is 12.5. The Morgan fingerprint density at radius 1 is 1.13 bits per heavy atom. The van der Waals surface area contributed by atoms with Crippen molar-refractivity contribution in [1.29, 1.82) is 0 Å². The smallest absolute Gasteiger partial charge is 0.416 e. The molecule has 5 nitrogen and oxygen atoms in total. The summed E-state index contributed by atoms with van der Waals surface area (Å²) in [4.78, 5) is 25.5. The Hall–Kier alpha value is -2.09. The highest BCUT2D eigenvalue weighted by molar-refractivity contribution is 14.1. The molecule has 2 aromatic rings. The summed E-state index contributed by atoms with van der Waals surface area (Å²) in [6.07, 6.45) is -0.407. The lowest BCUT2D eigenvalue weighted by molar-refractivity contribution is -0.139. The van der Waals surface area contributed by atoms with Crippen LogP contribution in [-0.2, 0) is 22.6 Å². The van der Waals surface area contributed by atoms with Gasteiger partial charge in [0.05, 0.1) is 5.69 Å². The predicted molar refractivity (Wildman–Crippen MR) is 93.6 cm³/mol. The number of ether oxygens (including phenoxy) is 1. The van der Waals surface area contributed by atoms with E-state index in [1.165, 1.54) is 4.90 Å². The molecule has 0 saturated carbocycles. The van der Waals surface area contributed by atoms with Crippen LogP contribution in [0.4, 0.5) is 10.5 Å². The van der Waals surface area contributed by atoms with Crippen molar-refractivity contribution in [2.24, 2.45) is 0 Å². The number of rotatable bonds is 3. The fraction of sp³-hybridized carbons (Fsp3) is 0.176. The number of aliphatic carboxylic acids is 1. The quantitative estimate of drug-likeness (QED) is 0.466. The summed E-state index contributed by atoms with van der Waals surface area (Å²) < 4.78 is 3.97. The third-order valence-corrected chi connectivity index (χ3v) is 5.05. The summed E-state index contributed by atoms with van der Waals surface area (Å²) in [7, 11) is 0. The number of fused-ring (bicyclic) bond motifs is 1. The minimum absolute atomic E-state index is 0.102. The zero-order valence-electron chi connectivity index (χ0n) is 12.1. The first kappa shape index (κ1) is 15.8. The van der Waals surface area contributed by atoms with E-state index in [1.54, 1.807) is 12.1 Å². The molecule has 1 N–H and O–H groups in total. The molecule has 0 saturated heterocycles. The van der Waals surface area contributed by atoms with Gasteiger partial charge in [-0.3, -0.25) is 4.90 Å². The number of para-hydroxylation sites is 1. The van der Waals surface area contributed by atoms with Gasteiger partial charge in [0.25, 0.3) is 0 Å². The third kappa shape index (κ3) is 2.90. The van der Waals surface area contributed by atoms with Crippen LogP contribution in [0.25, 0.3) is 0 Å². The highest BCUT2D eigenvalue weighted by Gasteiger charge is 2.51. The van der Waals surface area contributed by atoms with Gasteiger partial charge in [0.2, 0.25) is 3.55 Å². The molecule has 23 heavy (non-hydrogen) atoms. The number of amides is 1. The van der Waals surface area contributed by atoms with E-state index in [4.69, 9.17) is 4.74 Å². The summed E-state index contributed by atoms with van der Waals surface area (Å²) in [6, 6.07) is 16.5. The molecule has 0 aliphatic carbocycles. The van der Waals surface area contributed by atoms with E-state index in [0.29, 0.717) is 5.69 Å². The van der Waals surface area contributed by atoms with Crippen LogP contribution in [0.5, 0.6) is 0 Å². The van der Waals surface area contributed by atoms with Crippen LogP contribution in [-0.4, -0.2) is 20.7 Å². The molecule has 0 spiro atoms. The second kappa shape index (κ2) is 6.19. The first-order valence-electron chi connectivity index (χ1n) is 7.03. The van der Waals surface area contributed by atoms with Crippen LogP contribution in [0.3, 0.4) is 0 Å². The number of anilines is 1. The molecule has 1 amide bonds. The largest absolute Gasteiger partial charge is 0.479 e. The first-order chi connectivity index (χ1) is 11.0. The molecule has 118 valence electrons. The molecule has 1 aliphatic rings. The Labute approximate surface area is 147 Å². The van der Waals surface area contributed by atoms with Crippen molar-refractivity contribution < 1.29 is 19.4 Å². The summed E-state index contributed by atoms with van der Waals surface area (Å²) in [5.74, 6) is -1.06. The molecule has 2 aromatic carbocycles. The Balaban J connectivity index is 1.85. The topological polar surface area (TPSA) is 66.8 Å². The Morgan fingerprint density at radius 2 is 1.78 bits per heavy atom. The van der Waals surface area contributed by atoms with E-state index in [9.17, 15) is 14.7 Å². The molecule has 0 aromatic heterocycles. The highest BCUT2D eigenvalue weighted by Crippen LogP contribution is 2.43. The summed E-state index contributed by atoms with van der Waals surface area (Å²) in [5.41, 5.74) is 2.26. The number of carbonyl (C=O) groups is 2.